The van der Waals surface area contributed by atoms with Crippen LogP contribution in [-0.4, -0.2) is 65.2 Å². The van der Waals surface area contributed by atoms with Crippen LogP contribution in [-0.2, 0) is 10.1 Å². The van der Waals surface area contributed by atoms with E-state index in [2.05, 4.69) is 10.6 Å². The Morgan fingerprint density at radius 1 is 0.853 bits per heavy atom. The number of benzene rings is 3. The van der Waals surface area contributed by atoms with Crippen molar-refractivity contribution >= 4 is 68.3 Å². The second-order valence-corrected chi connectivity index (χ2v) is 9.56. The molecule has 4 N–H and O–H groups in total. The van der Waals surface area contributed by atoms with Crippen LogP contribution in [0.1, 0.15) is 51.3 Å². The van der Waals surface area contributed by atoms with E-state index >= 15 is 0 Å². The van der Waals surface area contributed by atoms with Gasteiger partial charge in [-0.2, -0.15) is 8.42 Å². The summed E-state index contributed by atoms with van der Waals surface area (Å²) in [5, 5.41) is 16.4. The summed E-state index contributed by atoms with van der Waals surface area (Å²) in [6.07, 6.45) is 0. The molecular formula is C24H22N2NaO6S. The van der Waals surface area contributed by atoms with Crippen molar-refractivity contribution in [3.8, 4) is 5.75 Å². The van der Waals surface area contributed by atoms with Crippen molar-refractivity contribution in [2.75, 3.05) is 10.6 Å². The fraction of sp³-hybridized carbons (Fsp3) is 0.167. The molecule has 10 heteroatoms. The summed E-state index contributed by atoms with van der Waals surface area (Å²) in [7, 11) is -4.56. The van der Waals surface area contributed by atoms with Crippen molar-refractivity contribution in [2.45, 2.75) is 31.7 Å². The summed E-state index contributed by atoms with van der Waals surface area (Å²) in [6.45, 7) is 5.52. The second-order valence-electron chi connectivity index (χ2n) is 8.17. The summed E-state index contributed by atoms with van der Waals surface area (Å²) in [5.41, 5.74) is 1.47. The molecule has 4 rings (SSSR count). The zero-order valence-electron chi connectivity index (χ0n) is 19.1. The van der Waals surface area contributed by atoms with Crippen molar-refractivity contribution in [1.29, 1.82) is 0 Å². The molecule has 0 unspecified atom stereocenters. The number of ketones is 2. The molecule has 0 aromatic heterocycles. The molecule has 8 nitrogen and oxygen atoms in total. The zero-order valence-corrected chi connectivity index (χ0v) is 21.9. The molecule has 0 fully saturated rings. The minimum Gasteiger partial charge on any atom is -0.507 e. The van der Waals surface area contributed by atoms with E-state index in [1.54, 1.807) is 19.1 Å². The third kappa shape index (κ3) is 4.62. The molecule has 34 heavy (non-hydrogen) atoms. The smallest absolute Gasteiger partial charge is 0.296 e. The maximum atomic E-state index is 13.5. The van der Waals surface area contributed by atoms with E-state index < -0.39 is 21.7 Å². The van der Waals surface area contributed by atoms with E-state index in [9.17, 15) is 27.7 Å². The fourth-order valence-electron chi connectivity index (χ4n) is 3.95. The van der Waals surface area contributed by atoms with Crippen LogP contribution in [0.2, 0.25) is 0 Å². The Hall–Kier alpha value is -2.69. The van der Waals surface area contributed by atoms with Gasteiger partial charge < -0.3 is 15.7 Å². The number of nitrogens with one attached hydrogen (secondary N) is 2. The van der Waals surface area contributed by atoms with Crippen LogP contribution >= 0.6 is 0 Å². The van der Waals surface area contributed by atoms with Gasteiger partial charge in [0, 0.05) is 46.8 Å². The summed E-state index contributed by atoms with van der Waals surface area (Å²) in [6, 6.07) is 11.7. The van der Waals surface area contributed by atoms with Gasteiger partial charge in [0.15, 0.2) is 11.6 Å². The minimum absolute atomic E-state index is 0. The van der Waals surface area contributed by atoms with Gasteiger partial charge in [0.2, 0.25) is 0 Å². The Balaban J connectivity index is 0.00000324. The molecule has 1 aliphatic rings. The number of fused-ring (bicyclic) bond motifs is 2. The molecule has 1 aliphatic carbocycles. The molecule has 0 saturated heterocycles. The Bertz CT molecular complexity index is 1430. The number of hydrogen-bond donors (Lipinski definition) is 4. The summed E-state index contributed by atoms with van der Waals surface area (Å²) in [4.78, 5) is 26.6. The molecule has 0 spiro atoms. The standard InChI is InChI=1S/C24H22N2O6S.Na/c1-12(2)25-15-8-9-16(26-17-11-13(3)7-10-19(17)33(30,31)32)22-21(15)23(28)14-5-4-6-18(27)20(14)24(22)29;/h4-12,25-27H,1-3H3,(H,30,31,32);. The third-order valence-corrected chi connectivity index (χ3v) is 6.21. The number of rotatable bonds is 5. The first-order valence-corrected chi connectivity index (χ1v) is 11.6. The fourth-order valence-corrected chi connectivity index (χ4v) is 4.58. The maximum absolute atomic E-state index is 13.5. The molecule has 0 amide bonds. The van der Waals surface area contributed by atoms with Crippen molar-refractivity contribution in [3.63, 3.8) is 0 Å². The van der Waals surface area contributed by atoms with E-state index in [4.69, 9.17) is 0 Å². The van der Waals surface area contributed by atoms with Crippen LogP contribution in [0.5, 0.6) is 5.75 Å². The average molecular weight is 490 g/mol. The minimum atomic E-state index is -4.56. The molecule has 3 aromatic rings. The van der Waals surface area contributed by atoms with Crippen LogP contribution < -0.4 is 10.6 Å². The van der Waals surface area contributed by atoms with Gasteiger partial charge in [-0.25, -0.2) is 0 Å². The van der Waals surface area contributed by atoms with Gasteiger partial charge in [-0.15, -0.1) is 0 Å². The SMILES string of the molecule is Cc1ccc(S(=O)(=O)O)c(Nc2ccc(NC(C)C)c3c2C(=O)c2c(O)cccc2C3=O)c1.[Na]. The molecular weight excluding hydrogens is 467 g/mol. The van der Waals surface area contributed by atoms with Gasteiger partial charge in [-0.1, -0.05) is 18.2 Å². The van der Waals surface area contributed by atoms with Crippen LogP contribution in [0.15, 0.2) is 53.4 Å². The normalized spacial score (nSPS) is 12.6. The summed E-state index contributed by atoms with van der Waals surface area (Å²) >= 11 is 0. The van der Waals surface area contributed by atoms with Crippen LogP contribution in [0.25, 0.3) is 0 Å². The molecule has 0 atom stereocenters. The van der Waals surface area contributed by atoms with E-state index in [1.165, 1.54) is 36.4 Å². The second kappa shape index (κ2) is 9.52. The first kappa shape index (κ1) is 25.9. The Labute approximate surface area is 219 Å². The Morgan fingerprint density at radius 2 is 1.50 bits per heavy atom. The largest absolute Gasteiger partial charge is 0.507 e. The van der Waals surface area contributed by atoms with E-state index in [0.29, 0.717) is 11.3 Å². The van der Waals surface area contributed by atoms with E-state index in [0.717, 1.165) is 0 Å². The van der Waals surface area contributed by atoms with Gasteiger partial charge in [-0.05, 0) is 56.7 Å². The number of carbonyl (C=O) groups is 2. The summed E-state index contributed by atoms with van der Waals surface area (Å²) < 4.78 is 33.4. The van der Waals surface area contributed by atoms with E-state index in [-0.39, 0.29) is 79.9 Å². The summed E-state index contributed by atoms with van der Waals surface area (Å²) in [5.74, 6) is -1.34. The zero-order chi connectivity index (χ0) is 24.1. The van der Waals surface area contributed by atoms with Gasteiger partial charge in [-0.3, -0.25) is 14.1 Å². The predicted octanol–water partition coefficient (Wildman–Crippen LogP) is 3.91. The molecule has 1 radical (unpaired) electrons. The molecule has 0 aliphatic heterocycles. The first-order chi connectivity index (χ1) is 15.5. The van der Waals surface area contributed by atoms with Crippen LogP contribution in [0.3, 0.4) is 0 Å². The number of phenolic OH excluding ortho intramolecular Hbond substituents is 1. The number of aromatic hydroxyl groups is 1. The van der Waals surface area contributed by atoms with Crippen molar-refractivity contribution < 1.29 is 27.7 Å². The van der Waals surface area contributed by atoms with Crippen molar-refractivity contribution in [2.24, 2.45) is 0 Å². The molecule has 0 heterocycles. The number of anilines is 3. The Kier molecular flexibility index (Phi) is 7.26. The quantitative estimate of drug-likeness (QED) is 0.245. The van der Waals surface area contributed by atoms with Crippen LogP contribution in [0, 0.1) is 6.92 Å². The van der Waals surface area contributed by atoms with Crippen molar-refractivity contribution in [3.05, 3.63) is 76.3 Å². The number of hydrogen-bond acceptors (Lipinski definition) is 7. The topological polar surface area (TPSA) is 133 Å². The molecule has 3 aromatic carbocycles. The van der Waals surface area contributed by atoms with Crippen molar-refractivity contribution in [1.82, 2.24) is 0 Å². The number of aryl methyl sites for hydroxylation is 1. The van der Waals surface area contributed by atoms with Gasteiger partial charge in [0.05, 0.1) is 28.1 Å². The van der Waals surface area contributed by atoms with Gasteiger partial charge >= 0.3 is 0 Å². The van der Waals surface area contributed by atoms with Crippen LogP contribution in [0.4, 0.5) is 17.1 Å². The first-order valence-electron chi connectivity index (χ1n) is 10.2. The predicted molar refractivity (Wildman–Crippen MR) is 130 cm³/mol. The molecule has 171 valence electrons. The Morgan fingerprint density at radius 3 is 2.15 bits per heavy atom. The number of carbonyl (C=O) groups excluding carboxylic acids is 2. The molecule has 0 saturated carbocycles. The van der Waals surface area contributed by atoms with Gasteiger partial charge in [0.1, 0.15) is 10.6 Å². The van der Waals surface area contributed by atoms with E-state index in [1.807, 2.05) is 13.8 Å². The number of phenols is 1. The van der Waals surface area contributed by atoms with Gasteiger partial charge in [0.25, 0.3) is 10.1 Å². The molecule has 0 bridgehead atoms. The third-order valence-electron chi connectivity index (χ3n) is 5.30. The average Bonchev–Trinajstić information content (AvgIpc) is 2.71. The monoisotopic (exact) mass is 489 g/mol. The maximum Gasteiger partial charge on any atom is 0.296 e.